The zero-order valence-electron chi connectivity index (χ0n) is 12.2. The molecule has 3 aromatic rings. The number of halogens is 1. The molecule has 0 aliphatic carbocycles. The SMILES string of the molecule is CCCCOc1ccc(-n2nc3ccc(Cl)cc3n2)c(O)c1. The van der Waals surface area contributed by atoms with Crippen LogP contribution in [0.3, 0.4) is 0 Å². The standard InChI is InChI=1S/C16H16ClN3O2/c1-2-3-8-22-12-5-7-15(16(21)10-12)20-18-13-6-4-11(17)9-14(13)19-20/h4-7,9-10,21H,2-3,8H2,1H3. The molecule has 1 aromatic heterocycles. The van der Waals surface area contributed by atoms with Crippen LogP contribution in [0.5, 0.6) is 11.5 Å². The van der Waals surface area contributed by atoms with Crippen LogP contribution in [-0.2, 0) is 0 Å². The third-order valence-electron chi connectivity index (χ3n) is 3.27. The van der Waals surface area contributed by atoms with Crippen LogP contribution in [0.4, 0.5) is 0 Å². The maximum absolute atomic E-state index is 10.2. The van der Waals surface area contributed by atoms with E-state index in [1.807, 2.05) is 0 Å². The molecule has 0 fully saturated rings. The number of nitrogens with zero attached hydrogens (tertiary/aromatic N) is 3. The van der Waals surface area contributed by atoms with Gasteiger partial charge in [0.05, 0.1) is 6.61 Å². The zero-order valence-corrected chi connectivity index (χ0v) is 12.9. The lowest BCUT2D eigenvalue weighted by molar-refractivity contribution is 0.307. The summed E-state index contributed by atoms with van der Waals surface area (Å²) in [5.41, 5.74) is 1.89. The first-order chi connectivity index (χ1) is 10.7. The van der Waals surface area contributed by atoms with Gasteiger partial charge < -0.3 is 9.84 Å². The van der Waals surface area contributed by atoms with Gasteiger partial charge in [-0.3, -0.25) is 0 Å². The first-order valence-electron chi connectivity index (χ1n) is 7.16. The van der Waals surface area contributed by atoms with E-state index in [0.717, 1.165) is 12.8 Å². The number of ether oxygens (including phenoxy) is 1. The molecular formula is C16H16ClN3O2. The van der Waals surface area contributed by atoms with E-state index in [0.29, 0.717) is 34.1 Å². The molecule has 5 nitrogen and oxygen atoms in total. The van der Waals surface area contributed by atoms with Gasteiger partial charge in [0.25, 0.3) is 0 Å². The van der Waals surface area contributed by atoms with E-state index in [1.54, 1.807) is 36.4 Å². The Morgan fingerprint density at radius 2 is 1.95 bits per heavy atom. The Kier molecular flexibility index (Phi) is 4.15. The fourth-order valence-corrected chi connectivity index (χ4v) is 2.26. The predicted octanol–water partition coefficient (Wildman–Crippen LogP) is 3.96. The van der Waals surface area contributed by atoms with Gasteiger partial charge in [0.2, 0.25) is 0 Å². The summed E-state index contributed by atoms with van der Waals surface area (Å²) in [6, 6.07) is 10.4. The van der Waals surface area contributed by atoms with Gasteiger partial charge in [-0.2, -0.15) is 0 Å². The highest BCUT2D eigenvalue weighted by molar-refractivity contribution is 6.31. The number of phenolic OH excluding ortho intramolecular Hbond substituents is 1. The van der Waals surface area contributed by atoms with Crippen LogP contribution >= 0.6 is 11.6 Å². The molecule has 114 valence electrons. The van der Waals surface area contributed by atoms with E-state index < -0.39 is 0 Å². The number of hydrogen-bond donors (Lipinski definition) is 1. The van der Waals surface area contributed by atoms with Gasteiger partial charge in [-0.15, -0.1) is 15.0 Å². The van der Waals surface area contributed by atoms with E-state index in [1.165, 1.54) is 4.80 Å². The number of hydrogen-bond acceptors (Lipinski definition) is 4. The van der Waals surface area contributed by atoms with Crippen LogP contribution in [-0.4, -0.2) is 26.7 Å². The van der Waals surface area contributed by atoms with Crippen molar-refractivity contribution in [2.45, 2.75) is 19.8 Å². The molecule has 0 amide bonds. The Bertz CT molecular complexity index is 801. The van der Waals surface area contributed by atoms with E-state index in [2.05, 4.69) is 17.1 Å². The summed E-state index contributed by atoms with van der Waals surface area (Å²) in [6.07, 6.45) is 2.05. The van der Waals surface area contributed by atoms with E-state index in [-0.39, 0.29) is 5.75 Å². The van der Waals surface area contributed by atoms with Gasteiger partial charge in [0, 0.05) is 11.1 Å². The maximum Gasteiger partial charge on any atom is 0.146 e. The van der Waals surface area contributed by atoms with Crippen molar-refractivity contribution in [2.24, 2.45) is 0 Å². The van der Waals surface area contributed by atoms with E-state index >= 15 is 0 Å². The molecule has 2 aromatic carbocycles. The summed E-state index contributed by atoms with van der Waals surface area (Å²) >= 11 is 5.94. The molecule has 0 saturated heterocycles. The maximum atomic E-state index is 10.2. The molecule has 0 radical (unpaired) electrons. The lowest BCUT2D eigenvalue weighted by atomic mass is 10.3. The second-order valence-electron chi connectivity index (χ2n) is 4.98. The van der Waals surface area contributed by atoms with Crippen molar-refractivity contribution in [1.82, 2.24) is 15.0 Å². The summed E-state index contributed by atoms with van der Waals surface area (Å²) in [6.45, 7) is 2.74. The minimum Gasteiger partial charge on any atom is -0.505 e. The summed E-state index contributed by atoms with van der Waals surface area (Å²) in [7, 11) is 0. The largest absolute Gasteiger partial charge is 0.505 e. The molecule has 0 unspecified atom stereocenters. The molecule has 0 saturated carbocycles. The van der Waals surface area contributed by atoms with Gasteiger partial charge in [0.15, 0.2) is 0 Å². The molecular weight excluding hydrogens is 302 g/mol. The molecule has 0 aliphatic heterocycles. The fourth-order valence-electron chi connectivity index (χ4n) is 2.09. The van der Waals surface area contributed by atoms with Crippen LogP contribution < -0.4 is 4.74 Å². The van der Waals surface area contributed by atoms with Gasteiger partial charge in [-0.05, 0) is 36.8 Å². The number of fused-ring (bicyclic) bond motifs is 1. The van der Waals surface area contributed by atoms with Crippen molar-refractivity contribution in [3.63, 3.8) is 0 Å². The first-order valence-corrected chi connectivity index (χ1v) is 7.54. The molecule has 22 heavy (non-hydrogen) atoms. The average molecular weight is 318 g/mol. The summed E-state index contributed by atoms with van der Waals surface area (Å²) in [5.74, 6) is 0.704. The third kappa shape index (κ3) is 2.99. The number of aromatic hydroxyl groups is 1. The van der Waals surface area contributed by atoms with Gasteiger partial charge in [-0.1, -0.05) is 24.9 Å². The highest BCUT2D eigenvalue weighted by Gasteiger charge is 2.10. The lowest BCUT2D eigenvalue weighted by Crippen LogP contribution is -2.00. The van der Waals surface area contributed by atoms with Crippen molar-refractivity contribution in [3.05, 3.63) is 41.4 Å². The number of aromatic nitrogens is 3. The Hall–Kier alpha value is -2.27. The molecule has 1 heterocycles. The smallest absolute Gasteiger partial charge is 0.146 e. The highest BCUT2D eigenvalue weighted by atomic mass is 35.5. The molecule has 0 aliphatic rings. The minimum atomic E-state index is 0.0698. The second kappa shape index (κ2) is 6.23. The highest BCUT2D eigenvalue weighted by Crippen LogP contribution is 2.27. The minimum absolute atomic E-state index is 0.0698. The van der Waals surface area contributed by atoms with Crippen molar-refractivity contribution in [1.29, 1.82) is 0 Å². The van der Waals surface area contributed by atoms with Gasteiger partial charge in [0.1, 0.15) is 28.2 Å². The van der Waals surface area contributed by atoms with Crippen LogP contribution in [0.15, 0.2) is 36.4 Å². The quantitative estimate of drug-likeness (QED) is 0.724. The summed E-state index contributed by atoms with van der Waals surface area (Å²) in [4.78, 5) is 1.39. The second-order valence-corrected chi connectivity index (χ2v) is 5.41. The van der Waals surface area contributed by atoms with Crippen molar-refractivity contribution >= 4 is 22.6 Å². The van der Waals surface area contributed by atoms with Crippen LogP contribution in [0.2, 0.25) is 5.02 Å². The van der Waals surface area contributed by atoms with Crippen LogP contribution in [0, 0.1) is 0 Å². The van der Waals surface area contributed by atoms with Gasteiger partial charge >= 0.3 is 0 Å². The van der Waals surface area contributed by atoms with Gasteiger partial charge in [-0.25, -0.2) is 0 Å². The molecule has 0 spiro atoms. The first kappa shape index (κ1) is 14.7. The number of rotatable bonds is 5. The summed E-state index contributed by atoms with van der Waals surface area (Å²) in [5, 5.41) is 19.4. The van der Waals surface area contributed by atoms with Crippen LogP contribution in [0.1, 0.15) is 19.8 Å². The predicted molar refractivity (Wildman–Crippen MR) is 85.9 cm³/mol. The normalized spacial score (nSPS) is 11.0. The Balaban J connectivity index is 1.89. The number of phenols is 1. The van der Waals surface area contributed by atoms with Crippen molar-refractivity contribution < 1.29 is 9.84 Å². The number of unbranched alkanes of at least 4 members (excludes halogenated alkanes) is 1. The zero-order chi connectivity index (χ0) is 15.5. The van der Waals surface area contributed by atoms with Crippen molar-refractivity contribution in [2.75, 3.05) is 6.61 Å². The summed E-state index contributed by atoms with van der Waals surface area (Å²) < 4.78 is 5.57. The van der Waals surface area contributed by atoms with E-state index in [9.17, 15) is 5.11 Å². The average Bonchev–Trinajstić information content (AvgIpc) is 2.90. The Morgan fingerprint density at radius 1 is 1.14 bits per heavy atom. The fraction of sp³-hybridized carbons (Fsp3) is 0.250. The molecule has 6 heteroatoms. The topological polar surface area (TPSA) is 60.2 Å². The molecule has 3 rings (SSSR count). The molecule has 1 N–H and O–H groups in total. The van der Waals surface area contributed by atoms with Crippen molar-refractivity contribution in [3.8, 4) is 17.2 Å². The van der Waals surface area contributed by atoms with Crippen LogP contribution in [0.25, 0.3) is 16.7 Å². The molecule has 0 atom stereocenters. The van der Waals surface area contributed by atoms with E-state index in [4.69, 9.17) is 16.3 Å². The lowest BCUT2D eigenvalue weighted by Gasteiger charge is -2.08. The number of benzene rings is 2. The third-order valence-corrected chi connectivity index (χ3v) is 3.51. The Labute approximate surface area is 133 Å². The monoisotopic (exact) mass is 317 g/mol. The Morgan fingerprint density at radius 3 is 2.73 bits per heavy atom. The molecule has 0 bridgehead atoms.